The van der Waals surface area contributed by atoms with E-state index in [9.17, 15) is 19.5 Å². The van der Waals surface area contributed by atoms with Gasteiger partial charge in [0.15, 0.2) is 12.4 Å². The number of carbonyl (C=O) groups excluding carboxylic acids is 3. The van der Waals surface area contributed by atoms with E-state index in [-0.39, 0.29) is 32.2 Å². The monoisotopic (exact) mass is 966 g/mol. The normalized spacial score (nSPS) is 12.7. The molecule has 0 radical (unpaired) electrons. The van der Waals surface area contributed by atoms with Gasteiger partial charge in [-0.1, -0.05) is 277 Å². The van der Waals surface area contributed by atoms with Gasteiger partial charge in [0.25, 0.3) is 0 Å². The number of likely N-dealkylation sites (N-methyl/N-ethyl adjacent to an activating group) is 1. The lowest BCUT2D eigenvalue weighted by Gasteiger charge is -2.26. The molecule has 9 nitrogen and oxygen atoms in total. The molecule has 0 aliphatic carbocycles. The summed E-state index contributed by atoms with van der Waals surface area (Å²) in [4.78, 5) is 37.3. The van der Waals surface area contributed by atoms with Gasteiger partial charge in [0.1, 0.15) is 13.2 Å². The third-order valence-corrected chi connectivity index (χ3v) is 13.6. The molecule has 0 fully saturated rings. The van der Waals surface area contributed by atoms with Gasteiger partial charge in [-0.2, -0.15) is 0 Å². The summed E-state index contributed by atoms with van der Waals surface area (Å²) >= 11 is 0. The number of hydrogen-bond acceptors (Lipinski definition) is 8. The molecule has 0 saturated heterocycles. The van der Waals surface area contributed by atoms with Crippen LogP contribution in [0.3, 0.4) is 0 Å². The molecule has 2 atom stereocenters. The smallest absolute Gasteiger partial charge is 0.306 e. The van der Waals surface area contributed by atoms with Crippen LogP contribution in [0.2, 0.25) is 0 Å². The zero-order valence-electron chi connectivity index (χ0n) is 46.0. The van der Waals surface area contributed by atoms with E-state index in [0.717, 1.165) is 38.5 Å². The molecule has 0 aromatic carbocycles. The van der Waals surface area contributed by atoms with Crippen LogP contribution >= 0.6 is 0 Å². The van der Waals surface area contributed by atoms with Gasteiger partial charge < -0.3 is 33.3 Å². The number of carbonyl (C=O) groups is 3. The van der Waals surface area contributed by atoms with E-state index in [1.54, 1.807) is 0 Å². The third-order valence-electron chi connectivity index (χ3n) is 13.6. The fraction of sp³-hybridized carbons (Fsp3) is 0.949. The van der Waals surface area contributed by atoms with Crippen molar-refractivity contribution >= 4 is 17.9 Å². The Kier molecular flexibility index (Phi) is 50.3. The largest absolute Gasteiger partial charge is 0.545 e. The van der Waals surface area contributed by atoms with Crippen molar-refractivity contribution in [1.82, 2.24) is 0 Å². The Labute approximate surface area is 422 Å². The first-order valence-corrected chi connectivity index (χ1v) is 29.7. The first-order valence-electron chi connectivity index (χ1n) is 29.7. The fourth-order valence-corrected chi connectivity index (χ4v) is 9.01. The molecule has 0 amide bonds. The van der Waals surface area contributed by atoms with E-state index in [1.807, 2.05) is 21.1 Å². The topological polar surface area (TPSA) is 111 Å². The predicted molar refractivity (Wildman–Crippen MR) is 284 cm³/mol. The Morgan fingerprint density at radius 3 is 0.941 bits per heavy atom. The van der Waals surface area contributed by atoms with E-state index in [2.05, 4.69) is 13.8 Å². The lowest BCUT2D eigenvalue weighted by Crippen LogP contribution is -2.44. The molecule has 9 heteroatoms. The fourth-order valence-electron chi connectivity index (χ4n) is 9.01. The van der Waals surface area contributed by atoms with Crippen LogP contribution in [0.25, 0.3) is 0 Å². The van der Waals surface area contributed by atoms with Crippen LogP contribution in [0.4, 0.5) is 0 Å². The number of nitrogens with zero attached hydrogens (tertiary/aromatic N) is 1. The average Bonchev–Trinajstić information content (AvgIpc) is 3.30. The second kappa shape index (κ2) is 51.6. The van der Waals surface area contributed by atoms with Crippen LogP contribution in [0, 0.1) is 0 Å². The molecular weight excluding hydrogens is 851 g/mol. The number of ether oxygens (including phenoxy) is 4. The molecule has 0 spiro atoms. The summed E-state index contributed by atoms with van der Waals surface area (Å²) in [6, 6.07) is 0. The second-order valence-electron chi connectivity index (χ2n) is 21.7. The van der Waals surface area contributed by atoms with Crippen LogP contribution in [-0.2, 0) is 33.3 Å². The van der Waals surface area contributed by atoms with Gasteiger partial charge in [-0.05, 0) is 12.8 Å². The molecule has 0 saturated carbocycles. The van der Waals surface area contributed by atoms with E-state index in [4.69, 9.17) is 18.9 Å². The van der Waals surface area contributed by atoms with Crippen molar-refractivity contribution < 1.29 is 42.9 Å². The number of carboxylic acids is 1. The zero-order valence-corrected chi connectivity index (χ0v) is 46.0. The van der Waals surface area contributed by atoms with Crippen LogP contribution in [0.15, 0.2) is 0 Å². The summed E-state index contributed by atoms with van der Waals surface area (Å²) in [5, 5.41) is 11.8. The summed E-state index contributed by atoms with van der Waals surface area (Å²) < 4.78 is 22.7. The Morgan fingerprint density at radius 2 is 0.662 bits per heavy atom. The molecule has 2 unspecified atom stereocenters. The van der Waals surface area contributed by atoms with E-state index in [0.29, 0.717) is 17.4 Å². The number of rotatable bonds is 56. The molecule has 404 valence electrons. The number of esters is 2. The molecule has 68 heavy (non-hydrogen) atoms. The van der Waals surface area contributed by atoms with Crippen molar-refractivity contribution in [3.05, 3.63) is 0 Å². The van der Waals surface area contributed by atoms with Gasteiger partial charge in [-0.3, -0.25) is 9.59 Å². The SMILES string of the molecule is CCCCCCCCCCCCCCCCCCCCCCCCCCCC(=O)OC(COC(=O)CCCCCCCCCCCCCCCCCCCC)COC(OCC[N+](C)(C)C)C(=O)[O-]. The molecular formula is C59H115NO8. The van der Waals surface area contributed by atoms with Crippen molar-refractivity contribution in [3.63, 3.8) is 0 Å². The highest BCUT2D eigenvalue weighted by molar-refractivity contribution is 5.70. The molecule has 0 heterocycles. The van der Waals surface area contributed by atoms with Crippen LogP contribution < -0.4 is 5.11 Å². The van der Waals surface area contributed by atoms with E-state index >= 15 is 0 Å². The molecule has 0 aromatic rings. The number of hydrogen-bond donors (Lipinski definition) is 0. The minimum Gasteiger partial charge on any atom is -0.545 e. The molecule has 0 aliphatic heterocycles. The molecule has 0 rings (SSSR count). The highest BCUT2D eigenvalue weighted by Crippen LogP contribution is 2.18. The standard InChI is InChI=1S/C59H115NO8/c1-6-8-10-12-14-16-18-20-22-24-26-27-28-29-30-31-32-34-36-38-40-42-44-46-48-50-57(62)68-55(54-67-59(58(63)64)65-52-51-60(3,4)5)53-66-56(61)49-47-45-43-41-39-37-35-33-25-23-21-19-17-15-13-11-9-7-2/h55,59H,6-54H2,1-5H3. The zero-order chi connectivity index (χ0) is 49.9. The van der Waals surface area contributed by atoms with Gasteiger partial charge in [-0.25, -0.2) is 0 Å². The van der Waals surface area contributed by atoms with E-state index in [1.165, 1.54) is 238 Å². The lowest BCUT2D eigenvalue weighted by atomic mass is 10.0. The second-order valence-corrected chi connectivity index (χ2v) is 21.7. The summed E-state index contributed by atoms with van der Waals surface area (Å²) in [7, 11) is 5.94. The summed E-state index contributed by atoms with van der Waals surface area (Å²) in [5.74, 6) is -2.25. The first kappa shape index (κ1) is 66.3. The summed E-state index contributed by atoms with van der Waals surface area (Å²) in [6.45, 7) is 4.82. The Balaban J connectivity index is 4.16. The van der Waals surface area contributed by atoms with Gasteiger partial charge in [0, 0.05) is 12.8 Å². The van der Waals surface area contributed by atoms with Crippen molar-refractivity contribution in [2.45, 2.75) is 315 Å². The summed E-state index contributed by atoms with van der Waals surface area (Å²) in [5.41, 5.74) is 0. The van der Waals surface area contributed by atoms with Crippen LogP contribution in [0.5, 0.6) is 0 Å². The summed E-state index contributed by atoms with van der Waals surface area (Å²) in [6.07, 6.45) is 54.4. The lowest BCUT2D eigenvalue weighted by molar-refractivity contribution is -0.870. The highest BCUT2D eigenvalue weighted by Gasteiger charge is 2.22. The van der Waals surface area contributed by atoms with E-state index < -0.39 is 24.3 Å². The third kappa shape index (κ3) is 52.1. The van der Waals surface area contributed by atoms with Crippen molar-refractivity contribution in [2.75, 3.05) is 47.5 Å². The van der Waals surface area contributed by atoms with Crippen molar-refractivity contribution in [2.24, 2.45) is 0 Å². The minimum absolute atomic E-state index is 0.153. The highest BCUT2D eigenvalue weighted by atomic mass is 16.7. The first-order chi connectivity index (χ1) is 33.1. The van der Waals surface area contributed by atoms with Gasteiger partial charge in [0.05, 0.1) is 40.3 Å². The predicted octanol–water partition coefficient (Wildman–Crippen LogP) is 15.9. The maximum absolute atomic E-state index is 12.9. The number of quaternary nitrogens is 1. The van der Waals surface area contributed by atoms with Crippen molar-refractivity contribution in [1.29, 1.82) is 0 Å². The molecule has 0 N–H and O–H groups in total. The maximum atomic E-state index is 12.9. The van der Waals surface area contributed by atoms with Gasteiger partial charge in [-0.15, -0.1) is 0 Å². The van der Waals surface area contributed by atoms with Crippen molar-refractivity contribution in [3.8, 4) is 0 Å². The van der Waals surface area contributed by atoms with Gasteiger partial charge >= 0.3 is 11.9 Å². The quantitative estimate of drug-likeness (QED) is 0.0256. The Morgan fingerprint density at radius 1 is 0.382 bits per heavy atom. The molecule has 0 aromatic heterocycles. The Hall–Kier alpha value is -1.71. The number of unbranched alkanes of at least 4 members (excludes halogenated alkanes) is 41. The van der Waals surface area contributed by atoms with Crippen LogP contribution in [0.1, 0.15) is 303 Å². The maximum Gasteiger partial charge on any atom is 0.306 e. The minimum atomic E-state index is -1.61. The average molecular weight is 967 g/mol. The molecule has 0 aliphatic rings. The van der Waals surface area contributed by atoms with Crippen LogP contribution in [-0.4, -0.2) is 82.3 Å². The number of aliphatic carboxylic acids is 1. The molecule has 0 bridgehead atoms. The van der Waals surface area contributed by atoms with Gasteiger partial charge in [0.2, 0.25) is 0 Å². The Bertz CT molecular complexity index is 1080. The number of carboxylic acid groups (broad SMARTS) is 1.